The van der Waals surface area contributed by atoms with Gasteiger partial charge in [0.15, 0.2) is 0 Å². The highest BCUT2D eigenvalue weighted by Gasteiger charge is 2.16. The molecule has 0 saturated carbocycles. The van der Waals surface area contributed by atoms with Gasteiger partial charge < -0.3 is 21.7 Å². The number of hydrogen-bond acceptors (Lipinski definition) is 8. The van der Waals surface area contributed by atoms with Crippen molar-refractivity contribution in [2.75, 3.05) is 11.5 Å². The molecule has 0 aliphatic rings. The number of hydrogen-bond donors (Lipinski definition) is 6. The molecule has 2 aromatic rings. The van der Waals surface area contributed by atoms with Crippen molar-refractivity contribution in [2.45, 2.75) is 9.79 Å². The highest BCUT2D eigenvalue weighted by atomic mass is 32.2. The van der Waals surface area contributed by atoms with Crippen LogP contribution < -0.4 is 11.5 Å². The van der Waals surface area contributed by atoms with Gasteiger partial charge in [0, 0.05) is 11.4 Å². The Labute approximate surface area is 158 Å². The fraction of sp³-hybridized carbons (Fsp3) is 0. The largest absolute Gasteiger partial charge is 0.478 e. The number of carboxylic acids is 2. The zero-order valence-electron chi connectivity index (χ0n) is 13.7. The zero-order chi connectivity index (χ0) is 21.9. The van der Waals surface area contributed by atoms with Crippen molar-refractivity contribution < 1.29 is 45.7 Å². The van der Waals surface area contributed by atoms with Crippen molar-refractivity contribution in [3.05, 3.63) is 47.5 Å². The van der Waals surface area contributed by atoms with E-state index in [9.17, 15) is 26.4 Å². The predicted octanol–water partition coefficient (Wildman–Crippen LogP) is 0.427. The second kappa shape index (κ2) is 8.22. The minimum absolute atomic E-state index is 0.0649. The Bertz CT molecular complexity index is 1050. The van der Waals surface area contributed by atoms with Crippen molar-refractivity contribution in [1.82, 2.24) is 0 Å². The van der Waals surface area contributed by atoms with Gasteiger partial charge in [-0.3, -0.25) is 9.11 Å². The van der Waals surface area contributed by atoms with Crippen LogP contribution in [-0.4, -0.2) is 48.1 Å². The lowest BCUT2D eigenvalue weighted by molar-refractivity contribution is 0.0686. The Hall–Kier alpha value is -3.20. The maximum Gasteiger partial charge on any atom is 0.337 e. The molecule has 0 radical (unpaired) electrons. The molecular weight excluding hydrogens is 420 g/mol. The van der Waals surface area contributed by atoms with E-state index in [1.54, 1.807) is 0 Å². The molecule has 0 amide bonds. The van der Waals surface area contributed by atoms with Gasteiger partial charge in [0.25, 0.3) is 20.2 Å². The summed E-state index contributed by atoms with van der Waals surface area (Å²) in [5.74, 6) is -2.71. The molecule has 0 unspecified atom stereocenters. The summed E-state index contributed by atoms with van der Waals surface area (Å²) < 4.78 is 59.8. The molecule has 0 aliphatic carbocycles. The van der Waals surface area contributed by atoms with Gasteiger partial charge in [0.2, 0.25) is 0 Å². The Morgan fingerprint density at radius 2 is 0.964 bits per heavy atom. The smallest absolute Gasteiger partial charge is 0.337 e. The fourth-order valence-corrected chi connectivity index (χ4v) is 2.78. The monoisotopic (exact) mass is 434 g/mol. The third-order valence-corrected chi connectivity index (χ3v) is 4.81. The molecule has 0 aromatic heterocycles. The molecule has 12 nitrogen and oxygen atoms in total. The van der Waals surface area contributed by atoms with Gasteiger partial charge in [-0.2, -0.15) is 16.8 Å². The van der Waals surface area contributed by atoms with E-state index in [0.29, 0.717) is 0 Å². The van der Waals surface area contributed by atoms with E-state index in [4.69, 9.17) is 30.8 Å². The highest BCUT2D eigenvalue weighted by Crippen LogP contribution is 2.18. The lowest BCUT2D eigenvalue weighted by Gasteiger charge is -2.02. The minimum atomic E-state index is -4.39. The molecule has 2 rings (SSSR count). The van der Waals surface area contributed by atoms with Gasteiger partial charge in [-0.15, -0.1) is 0 Å². The summed E-state index contributed by atoms with van der Waals surface area (Å²) >= 11 is 0. The van der Waals surface area contributed by atoms with Crippen molar-refractivity contribution in [3.63, 3.8) is 0 Å². The van der Waals surface area contributed by atoms with E-state index in [-0.39, 0.29) is 22.5 Å². The van der Waals surface area contributed by atoms with E-state index in [2.05, 4.69) is 0 Å². The first-order valence-corrected chi connectivity index (χ1v) is 9.73. The second-order valence-electron chi connectivity index (χ2n) is 5.06. The number of carboxylic acid groups (broad SMARTS) is 2. The van der Waals surface area contributed by atoms with Crippen molar-refractivity contribution in [2.24, 2.45) is 0 Å². The molecule has 0 heterocycles. The van der Waals surface area contributed by atoms with E-state index < -0.39 is 42.0 Å². The van der Waals surface area contributed by atoms with Gasteiger partial charge in [-0.1, -0.05) is 0 Å². The van der Waals surface area contributed by atoms with Gasteiger partial charge in [0.05, 0.1) is 20.9 Å². The van der Waals surface area contributed by atoms with Crippen molar-refractivity contribution in [3.8, 4) is 0 Å². The van der Waals surface area contributed by atoms with Crippen LogP contribution in [0, 0.1) is 0 Å². The second-order valence-corrected chi connectivity index (χ2v) is 7.90. The standard InChI is InChI=1S/2C7H7NO5S/c2*8-6-2-1-4(14(11,12)13)3-5(6)7(9)10/h2*1-3H,8H2,(H,9,10)(H,11,12,13). The Morgan fingerprint density at radius 1 is 0.679 bits per heavy atom. The lowest BCUT2D eigenvalue weighted by atomic mass is 10.2. The first kappa shape index (κ1) is 22.8. The third-order valence-electron chi connectivity index (χ3n) is 3.11. The summed E-state index contributed by atoms with van der Waals surface area (Å²) in [7, 11) is -8.79. The summed E-state index contributed by atoms with van der Waals surface area (Å²) in [4.78, 5) is 20.1. The van der Waals surface area contributed by atoms with E-state index in [1.165, 1.54) is 0 Å². The SMILES string of the molecule is Nc1ccc(S(=O)(=O)O)cc1C(=O)O.Nc1ccc(S(=O)(=O)O)cc1C(=O)O. The van der Waals surface area contributed by atoms with Crippen LogP contribution in [0.3, 0.4) is 0 Å². The van der Waals surface area contributed by atoms with Crippen LogP contribution in [0.25, 0.3) is 0 Å². The number of nitrogen functional groups attached to an aromatic ring is 2. The summed E-state index contributed by atoms with van der Waals surface area (Å²) in [6.45, 7) is 0. The summed E-state index contributed by atoms with van der Waals surface area (Å²) in [6, 6.07) is 5.85. The quantitative estimate of drug-likeness (QED) is 0.284. The van der Waals surface area contributed by atoms with Crippen molar-refractivity contribution in [1.29, 1.82) is 0 Å². The van der Waals surface area contributed by atoms with Crippen LogP contribution in [0.15, 0.2) is 46.2 Å². The van der Waals surface area contributed by atoms with Crippen LogP contribution in [-0.2, 0) is 20.2 Å². The average Bonchev–Trinajstić information content (AvgIpc) is 2.53. The normalized spacial score (nSPS) is 11.2. The molecule has 0 saturated heterocycles. The molecular formula is C14H14N2O10S2. The number of benzene rings is 2. The topological polar surface area (TPSA) is 235 Å². The molecule has 14 heteroatoms. The first-order chi connectivity index (χ1) is 12.6. The first-order valence-electron chi connectivity index (χ1n) is 6.85. The van der Waals surface area contributed by atoms with Crippen LogP contribution in [0.5, 0.6) is 0 Å². The molecule has 152 valence electrons. The minimum Gasteiger partial charge on any atom is -0.478 e. The van der Waals surface area contributed by atoms with Gasteiger partial charge in [-0.05, 0) is 36.4 Å². The molecule has 2 aromatic carbocycles. The van der Waals surface area contributed by atoms with Crippen LogP contribution in [0.2, 0.25) is 0 Å². The maximum absolute atomic E-state index is 10.6. The Balaban J connectivity index is 0.000000280. The molecule has 0 fully saturated rings. The predicted molar refractivity (Wildman–Crippen MR) is 95.3 cm³/mol. The van der Waals surface area contributed by atoms with Gasteiger partial charge in [-0.25, -0.2) is 9.59 Å². The Kier molecular flexibility index (Phi) is 6.70. The number of anilines is 2. The number of nitrogens with two attached hydrogens (primary N) is 2. The maximum atomic E-state index is 10.6. The number of carbonyl (C=O) groups is 2. The van der Waals surface area contributed by atoms with E-state index in [0.717, 1.165) is 36.4 Å². The average molecular weight is 434 g/mol. The summed E-state index contributed by atoms with van der Waals surface area (Å²) in [6.07, 6.45) is 0. The van der Waals surface area contributed by atoms with Crippen LogP contribution in [0.4, 0.5) is 11.4 Å². The van der Waals surface area contributed by atoms with Gasteiger partial charge in [0.1, 0.15) is 0 Å². The lowest BCUT2D eigenvalue weighted by Crippen LogP contribution is -2.05. The molecule has 8 N–H and O–H groups in total. The summed E-state index contributed by atoms with van der Waals surface area (Å²) in [5, 5.41) is 17.2. The molecule has 0 spiro atoms. The number of aromatic carboxylic acids is 2. The Morgan fingerprint density at radius 3 is 1.18 bits per heavy atom. The van der Waals surface area contributed by atoms with E-state index >= 15 is 0 Å². The highest BCUT2D eigenvalue weighted by molar-refractivity contribution is 7.86. The zero-order valence-corrected chi connectivity index (χ0v) is 15.3. The molecule has 0 atom stereocenters. The van der Waals surface area contributed by atoms with Gasteiger partial charge >= 0.3 is 11.9 Å². The van der Waals surface area contributed by atoms with Crippen molar-refractivity contribution >= 4 is 43.5 Å². The molecule has 0 bridgehead atoms. The summed E-state index contributed by atoms with van der Waals surface area (Å²) in [5.41, 5.74) is 9.70. The molecule has 28 heavy (non-hydrogen) atoms. The molecule has 0 aliphatic heterocycles. The van der Waals surface area contributed by atoms with Crippen LogP contribution >= 0.6 is 0 Å². The van der Waals surface area contributed by atoms with Crippen LogP contribution in [0.1, 0.15) is 20.7 Å². The number of rotatable bonds is 4. The third kappa shape index (κ3) is 5.92. The van der Waals surface area contributed by atoms with E-state index in [1.807, 2.05) is 0 Å². The fourth-order valence-electron chi connectivity index (χ4n) is 1.76.